The first-order valence-electron chi connectivity index (χ1n) is 6.97. The number of hydrogen-bond acceptors (Lipinski definition) is 4. The molecule has 6 nitrogen and oxygen atoms in total. The highest BCUT2D eigenvalue weighted by Gasteiger charge is 2.32. The molecule has 3 rings (SSSR count). The van der Waals surface area contributed by atoms with Crippen LogP contribution in [0.4, 0.5) is 16.4 Å². The Morgan fingerprint density at radius 3 is 2.62 bits per heavy atom. The third-order valence-corrected chi connectivity index (χ3v) is 3.75. The van der Waals surface area contributed by atoms with Crippen molar-refractivity contribution < 1.29 is 9.32 Å². The zero-order valence-electron chi connectivity index (χ0n) is 12.1. The summed E-state index contributed by atoms with van der Waals surface area (Å²) in [6.45, 7) is 5.43. The van der Waals surface area contributed by atoms with E-state index in [0.29, 0.717) is 12.1 Å². The number of nitrogen functional groups attached to an aromatic ring is 1. The Morgan fingerprint density at radius 2 is 2.00 bits per heavy atom. The molecule has 2 amide bonds. The van der Waals surface area contributed by atoms with Gasteiger partial charge in [-0.15, -0.1) is 0 Å². The van der Waals surface area contributed by atoms with Crippen LogP contribution in [-0.4, -0.2) is 35.2 Å². The summed E-state index contributed by atoms with van der Waals surface area (Å²) in [6, 6.07) is 7.87. The summed E-state index contributed by atoms with van der Waals surface area (Å²) in [6.07, 6.45) is 1.58. The molecule has 0 unspecified atom stereocenters. The van der Waals surface area contributed by atoms with E-state index >= 15 is 0 Å². The van der Waals surface area contributed by atoms with Crippen LogP contribution in [0.2, 0.25) is 0 Å². The number of amides is 2. The average Bonchev–Trinajstić information content (AvgIpc) is 3.05. The van der Waals surface area contributed by atoms with Gasteiger partial charge in [0.25, 0.3) is 0 Å². The standard InChI is InChI=1S/C15H18N4O2/c1-10(2)18-7-8-19(15(18)20)13-6-4-3-5-11(13)12-9-17-21-14(12)16/h3-6,9-10H,7-8,16H2,1-2H3. The molecule has 0 spiro atoms. The zero-order chi connectivity index (χ0) is 15.0. The highest BCUT2D eigenvalue weighted by Crippen LogP contribution is 2.35. The molecule has 1 aromatic carbocycles. The van der Waals surface area contributed by atoms with E-state index in [-0.39, 0.29) is 18.0 Å². The fourth-order valence-corrected chi connectivity index (χ4v) is 2.64. The normalized spacial score (nSPS) is 15.3. The highest BCUT2D eigenvalue weighted by molar-refractivity contribution is 5.99. The number of nitrogens with two attached hydrogens (primary N) is 1. The number of hydrogen-bond donors (Lipinski definition) is 1. The minimum absolute atomic E-state index is 0.0208. The van der Waals surface area contributed by atoms with E-state index in [1.807, 2.05) is 43.0 Å². The van der Waals surface area contributed by atoms with Gasteiger partial charge in [0.05, 0.1) is 17.4 Å². The second kappa shape index (κ2) is 5.12. The Labute approximate surface area is 123 Å². The van der Waals surface area contributed by atoms with Crippen molar-refractivity contribution in [1.29, 1.82) is 0 Å². The van der Waals surface area contributed by atoms with E-state index in [1.165, 1.54) is 0 Å². The van der Waals surface area contributed by atoms with Crippen LogP contribution in [0.5, 0.6) is 0 Å². The average molecular weight is 286 g/mol. The van der Waals surface area contributed by atoms with Gasteiger partial charge in [0.15, 0.2) is 0 Å². The van der Waals surface area contributed by atoms with E-state index in [2.05, 4.69) is 5.16 Å². The molecule has 1 aliphatic rings. The number of carbonyl (C=O) groups excluding carboxylic acids is 1. The summed E-state index contributed by atoms with van der Waals surface area (Å²) in [5.41, 5.74) is 8.21. The SMILES string of the molecule is CC(C)N1CCN(c2ccccc2-c2cnoc2N)C1=O. The number of anilines is 2. The topological polar surface area (TPSA) is 75.6 Å². The lowest BCUT2D eigenvalue weighted by Gasteiger charge is -2.23. The van der Waals surface area contributed by atoms with Crippen molar-refractivity contribution in [3.63, 3.8) is 0 Å². The summed E-state index contributed by atoms with van der Waals surface area (Å²) < 4.78 is 4.94. The quantitative estimate of drug-likeness (QED) is 0.941. The third-order valence-electron chi connectivity index (χ3n) is 3.75. The minimum atomic E-state index is 0.0208. The lowest BCUT2D eigenvalue weighted by molar-refractivity contribution is 0.209. The molecular weight excluding hydrogens is 268 g/mol. The Hall–Kier alpha value is -2.50. The van der Waals surface area contributed by atoms with Gasteiger partial charge >= 0.3 is 6.03 Å². The van der Waals surface area contributed by atoms with Gasteiger partial charge in [-0.25, -0.2) is 4.79 Å². The summed E-state index contributed by atoms with van der Waals surface area (Å²) in [5, 5.41) is 3.71. The van der Waals surface area contributed by atoms with Crippen LogP contribution in [0.15, 0.2) is 35.0 Å². The third kappa shape index (κ3) is 2.22. The van der Waals surface area contributed by atoms with Crippen LogP contribution < -0.4 is 10.6 Å². The van der Waals surface area contributed by atoms with Gasteiger partial charge < -0.3 is 15.2 Å². The molecule has 0 atom stereocenters. The maximum Gasteiger partial charge on any atom is 0.324 e. The van der Waals surface area contributed by atoms with Gasteiger partial charge in [0, 0.05) is 24.7 Å². The van der Waals surface area contributed by atoms with Gasteiger partial charge in [-0.1, -0.05) is 23.4 Å². The molecule has 1 fully saturated rings. The monoisotopic (exact) mass is 286 g/mol. The molecule has 1 aromatic heterocycles. The highest BCUT2D eigenvalue weighted by atomic mass is 16.5. The van der Waals surface area contributed by atoms with Crippen LogP contribution >= 0.6 is 0 Å². The van der Waals surface area contributed by atoms with Crippen LogP contribution in [0.25, 0.3) is 11.1 Å². The molecule has 0 aliphatic carbocycles. The summed E-state index contributed by atoms with van der Waals surface area (Å²) in [5.74, 6) is 0.259. The molecule has 6 heteroatoms. The fraction of sp³-hybridized carbons (Fsp3) is 0.333. The van der Waals surface area contributed by atoms with E-state index in [1.54, 1.807) is 11.1 Å². The fourth-order valence-electron chi connectivity index (χ4n) is 2.64. The molecule has 0 bridgehead atoms. The molecule has 2 N–H and O–H groups in total. The maximum atomic E-state index is 12.5. The van der Waals surface area contributed by atoms with E-state index in [9.17, 15) is 4.79 Å². The van der Waals surface area contributed by atoms with E-state index < -0.39 is 0 Å². The Morgan fingerprint density at radius 1 is 1.24 bits per heavy atom. The van der Waals surface area contributed by atoms with Crippen LogP contribution in [0, 0.1) is 0 Å². The molecular formula is C15H18N4O2. The smallest absolute Gasteiger partial charge is 0.324 e. The number of rotatable bonds is 3. The van der Waals surface area contributed by atoms with E-state index in [0.717, 1.165) is 17.8 Å². The molecule has 2 heterocycles. The second-order valence-corrected chi connectivity index (χ2v) is 5.34. The van der Waals surface area contributed by atoms with Crippen molar-refractivity contribution >= 4 is 17.6 Å². The number of carbonyl (C=O) groups is 1. The minimum Gasteiger partial charge on any atom is -0.367 e. The number of benzene rings is 1. The summed E-state index contributed by atoms with van der Waals surface area (Å²) >= 11 is 0. The summed E-state index contributed by atoms with van der Waals surface area (Å²) in [4.78, 5) is 16.2. The lowest BCUT2D eigenvalue weighted by atomic mass is 10.1. The molecule has 2 aromatic rings. The first-order chi connectivity index (χ1) is 10.1. The maximum absolute atomic E-state index is 12.5. The largest absolute Gasteiger partial charge is 0.367 e. The van der Waals surface area contributed by atoms with Crippen molar-refractivity contribution in [2.24, 2.45) is 0 Å². The Balaban J connectivity index is 2.01. The first-order valence-corrected chi connectivity index (χ1v) is 6.97. The molecule has 110 valence electrons. The van der Waals surface area contributed by atoms with Crippen molar-refractivity contribution in [3.8, 4) is 11.1 Å². The molecule has 1 saturated heterocycles. The van der Waals surface area contributed by atoms with Gasteiger partial charge in [-0.3, -0.25) is 4.90 Å². The Kier molecular flexibility index (Phi) is 3.29. The van der Waals surface area contributed by atoms with Crippen LogP contribution in [-0.2, 0) is 0 Å². The predicted molar refractivity (Wildman–Crippen MR) is 80.9 cm³/mol. The van der Waals surface area contributed by atoms with Crippen LogP contribution in [0.3, 0.4) is 0 Å². The molecule has 0 radical (unpaired) electrons. The van der Waals surface area contributed by atoms with Gasteiger partial charge in [-0.2, -0.15) is 0 Å². The van der Waals surface area contributed by atoms with Gasteiger partial charge in [-0.05, 0) is 19.9 Å². The molecule has 1 aliphatic heterocycles. The lowest BCUT2D eigenvalue weighted by Crippen LogP contribution is -2.36. The van der Waals surface area contributed by atoms with Crippen molar-refractivity contribution in [1.82, 2.24) is 10.1 Å². The predicted octanol–water partition coefficient (Wildman–Crippen LogP) is 2.57. The van der Waals surface area contributed by atoms with Crippen molar-refractivity contribution in [2.75, 3.05) is 23.7 Å². The second-order valence-electron chi connectivity index (χ2n) is 5.34. The number of nitrogens with zero attached hydrogens (tertiary/aromatic N) is 3. The van der Waals surface area contributed by atoms with Crippen LogP contribution in [0.1, 0.15) is 13.8 Å². The molecule has 21 heavy (non-hydrogen) atoms. The van der Waals surface area contributed by atoms with Gasteiger partial charge in [0.2, 0.25) is 5.88 Å². The number of urea groups is 1. The number of para-hydroxylation sites is 1. The van der Waals surface area contributed by atoms with Crippen molar-refractivity contribution in [2.45, 2.75) is 19.9 Å². The van der Waals surface area contributed by atoms with E-state index in [4.69, 9.17) is 10.3 Å². The first kappa shape index (κ1) is 13.5. The van der Waals surface area contributed by atoms with Crippen molar-refractivity contribution in [3.05, 3.63) is 30.5 Å². The zero-order valence-corrected chi connectivity index (χ0v) is 12.1. The van der Waals surface area contributed by atoms with Gasteiger partial charge in [0.1, 0.15) is 0 Å². The Bertz CT molecular complexity index is 665. The summed E-state index contributed by atoms with van der Waals surface area (Å²) in [7, 11) is 0. The molecule has 0 saturated carbocycles. The number of aromatic nitrogens is 1.